The van der Waals surface area contributed by atoms with Gasteiger partial charge in [0.15, 0.2) is 6.04 Å². The standard InChI is InChI=1S/C9H17N3O4/c13-5-7(8(14)15)12-9(16)11-6-1-3-10-4-2-6/h6-7,10,13H,1-5H2,(H,14,15)(H2,11,12,16). The van der Waals surface area contributed by atoms with Gasteiger partial charge in [0.1, 0.15) is 0 Å². The van der Waals surface area contributed by atoms with E-state index in [-0.39, 0.29) is 6.04 Å². The molecule has 1 aliphatic heterocycles. The van der Waals surface area contributed by atoms with Crippen LogP contribution in [0.25, 0.3) is 0 Å². The van der Waals surface area contributed by atoms with Crippen molar-refractivity contribution in [2.45, 2.75) is 24.9 Å². The highest BCUT2D eigenvalue weighted by molar-refractivity contribution is 5.82. The number of aliphatic carboxylic acids is 1. The maximum Gasteiger partial charge on any atom is 0.328 e. The van der Waals surface area contributed by atoms with Gasteiger partial charge in [-0.05, 0) is 25.9 Å². The van der Waals surface area contributed by atoms with Crippen LogP contribution in [0.5, 0.6) is 0 Å². The smallest absolute Gasteiger partial charge is 0.328 e. The van der Waals surface area contributed by atoms with Crippen LogP contribution in [0, 0.1) is 0 Å². The topological polar surface area (TPSA) is 111 Å². The van der Waals surface area contributed by atoms with Crippen LogP contribution in [0.1, 0.15) is 12.8 Å². The number of carboxylic acids is 1. The first-order valence-electron chi connectivity index (χ1n) is 5.25. The fourth-order valence-corrected chi connectivity index (χ4v) is 1.54. The molecule has 1 heterocycles. The SMILES string of the molecule is O=C(NC1CCNCC1)NC(CO)C(=O)O. The van der Waals surface area contributed by atoms with Gasteiger partial charge in [-0.3, -0.25) is 0 Å². The monoisotopic (exact) mass is 231 g/mol. The molecule has 16 heavy (non-hydrogen) atoms. The molecule has 0 saturated carbocycles. The highest BCUT2D eigenvalue weighted by Crippen LogP contribution is 2.01. The molecule has 1 unspecified atom stereocenters. The molecule has 0 aromatic heterocycles. The number of aliphatic hydroxyl groups excluding tert-OH is 1. The van der Waals surface area contributed by atoms with E-state index in [1.54, 1.807) is 0 Å². The second-order valence-electron chi connectivity index (χ2n) is 3.72. The van der Waals surface area contributed by atoms with E-state index in [4.69, 9.17) is 10.2 Å². The Bertz CT molecular complexity index is 253. The first kappa shape index (κ1) is 12.7. The van der Waals surface area contributed by atoms with Gasteiger partial charge in [0.05, 0.1) is 6.61 Å². The van der Waals surface area contributed by atoms with Crippen LogP contribution < -0.4 is 16.0 Å². The molecule has 92 valence electrons. The lowest BCUT2D eigenvalue weighted by molar-refractivity contribution is -0.140. The van der Waals surface area contributed by atoms with Crippen LogP contribution in [0.4, 0.5) is 4.79 Å². The number of carbonyl (C=O) groups excluding carboxylic acids is 1. The van der Waals surface area contributed by atoms with Crippen LogP contribution in [0.15, 0.2) is 0 Å². The van der Waals surface area contributed by atoms with E-state index >= 15 is 0 Å². The molecule has 1 rings (SSSR count). The van der Waals surface area contributed by atoms with Crippen molar-refractivity contribution < 1.29 is 19.8 Å². The predicted molar refractivity (Wildman–Crippen MR) is 56.1 cm³/mol. The van der Waals surface area contributed by atoms with Crippen molar-refractivity contribution in [3.8, 4) is 0 Å². The van der Waals surface area contributed by atoms with Gasteiger partial charge in [-0.25, -0.2) is 9.59 Å². The van der Waals surface area contributed by atoms with Gasteiger partial charge in [0.25, 0.3) is 0 Å². The minimum absolute atomic E-state index is 0.0642. The Morgan fingerprint density at radius 3 is 2.50 bits per heavy atom. The zero-order valence-electron chi connectivity index (χ0n) is 8.90. The number of urea groups is 1. The molecule has 1 aliphatic rings. The van der Waals surface area contributed by atoms with Crippen molar-refractivity contribution in [1.29, 1.82) is 0 Å². The molecule has 7 nitrogen and oxygen atoms in total. The summed E-state index contributed by atoms with van der Waals surface area (Å²) in [4.78, 5) is 21.9. The predicted octanol–water partition coefficient (Wildman–Crippen LogP) is -1.52. The summed E-state index contributed by atoms with van der Waals surface area (Å²) in [5.41, 5.74) is 0. The molecular formula is C9H17N3O4. The van der Waals surface area contributed by atoms with Gasteiger partial charge in [-0.2, -0.15) is 0 Å². The summed E-state index contributed by atoms with van der Waals surface area (Å²) in [7, 11) is 0. The van der Waals surface area contributed by atoms with Gasteiger partial charge >= 0.3 is 12.0 Å². The van der Waals surface area contributed by atoms with Crippen LogP contribution in [0.3, 0.4) is 0 Å². The summed E-state index contributed by atoms with van der Waals surface area (Å²) in [6.07, 6.45) is 1.65. The number of aliphatic hydroxyl groups is 1. The van der Waals surface area contributed by atoms with Crippen molar-refractivity contribution in [2.24, 2.45) is 0 Å². The van der Waals surface area contributed by atoms with Crippen molar-refractivity contribution >= 4 is 12.0 Å². The molecule has 0 radical (unpaired) electrons. The van der Waals surface area contributed by atoms with Crippen molar-refractivity contribution in [3.63, 3.8) is 0 Å². The lowest BCUT2D eigenvalue weighted by Crippen LogP contribution is -2.52. The molecule has 2 amide bonds. The Hall–Kier alpha value is -1.34. The van der Waals surface area contributed by atoms with Crippen LogP contribution in [-0.2, 0) is 4.79 Å². The minimum Gasteiger partial charge on any atom is -0.480 e. The normalized spacial score (nSPS) is 18.8. The Morgan fingerprint density at radius 1 is 1.38 bits per heavy atom. The number of amides is 2. The van der Waals surface area contributed by atoms with E-state index in [9.17, 15) is 9.59 Å². The molecule has 0 aromatic rings. The van der Waals surface area contributed by atoms with Crippen LogP contribution >= 0.6 is 0 Å². The third kappa shape index (κ3) is 4.03. The molecule has 7 heteroatoms. The number of piperidine rings is 1. The quantitative estimate of drug-likeness (QED) is 0.404. The summed E-state index contributed by atoms with van der Waals surface area (Å²) in [6.45, 7) is 1.07. The molecule has 0 spiro atoms. The lowest BCUT2D eigenvalue weighted by atomic mass is 10.1. The molecule has 0 aromatic carbocycles. The van der Waals surface area contributed by atoms with E-state index in [1.165, 1.54) is 0 Å². The Balaban J connectivity index is 2.31. The molecule has 0 aliphatic carbocycles. The average molecular weight is 231 g/mol. The summed E-state index contributed by atoms with van der Waals surface area (Å²) in [6, 6.07) is -1.73. The maximum absolute atomic E-state index is 11.4. The molecule has 1 atom stereocenters. The van der Waals surface area contributed by atoms with Crippen molar-refractivity contribution in [1.82, 2.24) is 16.0 Å². The second kappa shape index (κ2) is 6.29. The summed E-state index contributed by atoms with van der Waals surface area (Å²) < 4.78 is 0. The summed E-state index contributed by atoms with van der Waals surface area (Å²) in [5.74, 6) is -1.25. The van der Waals surface area contributed by atoms with E-state index in [2.05, 4.69) is 16.0 Å². The van der Waals surface area contributed by atoms with E-state index < -0.39 is 24.6 Å². The number of hydrogen-bond acceptors (Lipinski definition) is 4. The zero-order chi connectivity index (χ0) is 12.0. The van der Waals surface area contributed by atoms with E-state index in [0.717, 1.165) is 25.9 Å². The van der Waals surface area contributed by atoms with Gasteiger partial charge in [-0.15, -0.1) is 0 Å². The third-order valence-electron chi connectivity index (χ3n) is 2.46. The Labute approximate surface area is 93.2 Å². The molecular weight excluding hydrogens is 214 g/mol. The fourth-order valence-electron chi connectivity index (χ4n) is 1.54. The lowest BCUT2D eigenvalue weighted by Gasteiger charge is -2.24. The van der Waals surface area contributed by atoms with Gasteiger partial charge in [0.2, 0.25) is 0 Å². The Morgan fingerprint density at radius 2 is 2.00 bits per heavy atom. The van der Waals surface area contributed by atoms with Gasteiger partial charge in [0, 0.05) is 6.04 Å². The number of rotatable bonds is 4. The summed E-state index contributed by atoms with van der Waals surface area (Å²) in [5, 5.41) is 25.4. The van der Waals surface area contributed by atoms with E-state index in [0.29, 0.717) is 0 Å². The van der Waals surface area contributed by atoms with Crippen molar-refractivity contribution in [2.75, 3.05) is 19.7 Å². The highest BCUT2D eigenvalue weighted by atomic mass is 16.4. The fraction of sp³-hybridized carbons (Fsp3) is 0.778. The average Bonchev–Trinajstić information content (AvgIpc) is 2.27. The molecule has 1 saturated heterocycles. The molecule has 1 fully saturated rings. The minimum atomic E-state index is -1.25. The van der Waals surface area contributed by atoms with Gasteiger partial charge in [-0.1, -0.05) is 0 Å². The van der Waals surface area contributed by atoms with Gasteiger partial charge < -0.3 is 26.2 Å². The van der Waals surface area contributed by atoms with E-state index in [1.807, 2.05) is 0 Å². The molecule has 0 bridgehead atoms. The largest absolute Gasteiger partial charge is 0.480 e. The van der Waals surface area contributed by atoms with Crippen LogP contribution in [-0.4, -0.2) is 54.0 Å². The number of carbonyl (C=O) groups is 2. The maximum atomic E-state index is 11.4. The highest BCUT2D eigenvalue weighted by Gasteiger charge is 2.21. The number of carboxylic acid groups (broad SMARTS) is 1. The zero-order valence-corrected chi connectivity index (χ0v) is 8.90. The summed E-state index contributed by atoms with van der Waals surface area (Å²) >= 11 is 0. The Kier molecular flexibility index (Phi) is 5.00. The third-order valence-corrected chi connectivity index (χ3v) is 2.46. The number of nitrogens with one attached hydrogen (secondary N) is 3. The number of hydrogen-bond donors (Lipinski definition) is 5. The van der Waals surface area contributed by atoms with Crippen LogP contribution in [0.2, 0.25) is 0 Å². The molecule has 5 N–H and O–H groups in total. The van der Waals surface area contributed by atoms with Crippen molar-refractivity contribution in [3.05, 3.63) is 0 Å². The first-order valence-corrected chi connectivity index (χ1v) is 5.25. The first-order chi connectivity index (χ1) is 7.63. The second-order valence-corrected chi connectivity index (χ2v) is 3.72.